The lowest BCUT2D eigenvalue weighted by atomic mass is 9.93. The zero-order valence-corrected chi connectivity index (χ0v) is 25.3. The van der Waals surface area contributed by atoms with Gasteiger partial charge >= 0.3 is 5.97 Å². The molecule has 0 unspecified atom stereocenters. The van der Waals surface area contributed by atoms with Gasteiger partial charge in [0.05, 0.1) is 48.2 Å². The summed E-state index contributed by atoms with van der Waals surface area (Å²) in [4.78, 5) is 32.6. The van der Waals surface area contributed by atoms with Crippen LogP contribution in [0.25, 0.3) is 6.08 Å². The summed E-state index contributed by atoms with van der Waals surface area (Å²) < 4.78 is 24.6. The number of hydrogen-bond donors (Lipinski definition) is 0. The van der Waals surface area contributed by atoms with E-state index in [2.05, 4.69) is 15.9 Å². The summed E-state index contributed by atoms with van der Waals surface area (Å²) in [6, 6.07) is 7.91. The first-order valence-electron chi connectivity index (χ1n) is 12.2. The van der Waals surface area contributed by atoms with Crippen molar-refractivity contribution in [3.8, 4) is 17.2 Å². The van der Waals surface area contributed by atoms with E-state index in [1.54, 1.807) is 51.5 Å². The number of nitrogens with zero attached hydrogens (tertiary/aromatic N) is 2. The number of allylic oxidation sites excluding steroid dienone is 1. The van der Waals surface area contributed by atoms with E-state index in [4.69, 9.17) is 35.5 Å². The highest BCUT2D eigenvalue weighted by Crippen LogP contribution is 2.39. The van der Waals surface area contributed by atoms with Gasteiger partial charge in [-0.3, -0.25) is 9.36 Å². The number of aromatic nitrogens is 1. The van der Waals surface area contributed by atoms with Crippen molar-refractivity contribution < 1.29 is 23.7 Å². The molecule has 39 heavy (non-hydrogen) atoms. The van der Waals surface area contributed by atoms with Gasteiger partial charge in [0.1, 0.15) is 11.8 Å². The second-order valence-electron chi connectivity index (χ2n) is 8.54. The van der Waals surface area contributed by atoms with E-state index in [1.165, 1.54) is 23.0 Å². The smallest absolute Gasteiger partial charge is 0.338 e. The summed E-state index contributed by atoms with van der Waals surface area (Å²) in [6.07, 6.45) is 3.03. The van der Waals surface area contributed by atoms with Crippen molar-refractivity contribution in [1.29, 1.82) is 0 Å². The fraction of sp³-hybridized carbons (Fsp3) is 0.321. The van der Waals surface area contributed by atoms with Gasteiger partial charge in [-0.1, -0.05) is 36.3 Å². The van der Waals surface area contributed by atoms with Crippen LogP contribution in [-0.2, 0) is 9.53 Å². The SMILES string of the molecule is CCCC1=C(C(=O)OCC)[C@@H](c2cc(Cl)ccc2OC)n2c(s/c(=C/c3cc(Br)c(OC)c(OC)c3)c2=O)=N1. The van der Waals surface area contributed by atoms with Gasteiger partial charge in [-0.2, -0.15) is 0 Å². The van der Waals surface area contributed by atoms with Gasteiger partial charge in [-0.25, -0.2) is 9.79 Å². The fourth-order valence-electron chi connectivity index (χ4n) is 4.51. The summed E-state index contributed by atoms with van der Waals surface area (Å²) in [5.74, 6) is 1.02. The van der Waals surface area contributed by atoms with Crippen LogP contribution in [0.4, 0.5) is 0 Å². The Morgan fingerprint density at radius 3 is 2.51 bits per heavy atom. The van der Waals surface area contributed by atoms with E-state index in [9.17, 15) is 9.59 Å². The van der Waals surface area contributed by atoms with E-state index in [-0.39, 0.29) is 12.2 Å². The molecular weight excluding hydrogens is 608 g/mol. The molecule has 0 fully saturated rings. The number of carbonyl (C=O) groups excluding carboxylic acids is 1. The molecule has 0 spiro atoms. The average molecular weight is 636 g/mol. The lowest BCUT2D eigenvalue weighted by Gasteiger charge is -2.27. The van der Waals surface area contributed by atoms with Crippen LogP contribution in [0, 0.1) is 0 Å². The van der Waals surface area contributed by atoms with Crippen LogP contribution in [0.2, 0.25) is 5.02 Å². The topological polar surface area (TPSA) is 88.4 Å². The first kappa shape index (κ1) is 28.9. The Labute approximate surface area is 243 Å². The average Bonchev–Trinajstić information content (AvgIpc) is 3.22. The van der Waals surface area contributed by atoms with Crippen molar-refractivity contribution in [3.63, 3.8) is 0 Å². The number of benzene rings is 2. The Bertz CT molecular complexity index is 1630. The summed E-state index contributed by atoms with van der Waals surface area (Å²) in [5, 5.41) is 0.445. The van der Waals surface area contributed by atoms with Gasteiger partial charge in [0.25, 0.3) is 5.56 Å². The minimum absolute atomic E-state index is 0.180. The number of methoxy groups -OCH3 is 3. The second-order valence-corrected chi connectivity index (χ2v) is 10.8. The van der Waals surface area contributed by atoms with Gasteiger partial charge < -0.3 is 18.9 Å². The number of fused-ring (bicyclic) bond motifs is 1. The van der Waals surface area contributed by atoms with E-state index in [0.717, 1.165) is 12.0 Å². The molecule has 0 bridgehead atoms. The third kappa shape index (κ3) is 5.64. The van der Waals surface area contributed by atoms with E-state index < -0.39 is 12.0 Å². The molecule has 8 nitrogen and oxygen atoms in total. The predicted molar refractivity (Wildman–Crippen MR) is 155 cm³/mol. The lowest BCUT2D eigenvalue weighted by Crippen LogP contribution is -2.40. The fourth-order valence-corrected chi connectivity index (χ4v) is 6.33. The molecule has 206 valence electrons. The third-order valence-electron chi connectivity index (χ3n) is 6.13. The third-order valence-corrected chi connectivity index (χ3v) is 7.94. The number of carbonyl (C=O) groups is 1. The Balaban J connectivity index is 2.04. The van der Waals surface area contributed by atoms with Gasteiger partial charge in [0.2, 0.25) is 0 Å². The van der Waals surface area contributed by atoms with Gasteiger partial charge in [0, 0.05) is 10.6 Å². The molecule has 1 atom stereocenters. The summed E-state index contributed by atoms with van der Waals surface area (Å²) >= 11 is 11.1. The Morgan fingerprint density at radius 1 is 1.13 bits per heavy atom. The maximum atomic E-state index is 14.0. The molecule has 1 aliphatic rings. The van der Waals surface area contributed by atoms with Crippen molar-refractivity contribution >= 4 is 50.9 Å². The van der Waals surface area contributed by atoms with Crippen molar-refractivity contribution in [3.05, 3.63) is 81.9 Å². The van der Waals surface area contributed by atoms with Crippen molar-refractivity contribution in [2.75, 3.05) is 27.9 Å². The van der Waals surface area contributed by atoms with Gasteiger partial charge in [-0.15, -0.1) is 0 Å². The number of esters is 1. The molecule has 11 heteroatoms. The van der Waals surface area contributed by atoms with Crippen LogP contribution in [0.15, 0.2) is 55.9 Å². The number of rotatable bonds is 9. The van der Waals surface area contributed by atoms with E-state index in [1.807, 2.05) is 13.0 Å². The van der Waals surface area contributed by atoms with Crippen LogP contribution in [0.5, 0.6) is 17.2 Å². The number of ether oxygens (including phenoxy) is 4. The van der Waals surface area contributed by atoms with Crippen molar-refractivity contribution in [1.82, 2.24) is 4.57 Å². The molecule has 3 aromatic rings. The molecule has 0 saturated heterocycles. The van der Waals surface area contributed by atoms with Crippen LogP contribution < -0.4 is 29.1 Å². The van der Waals surface area contributed by atoms with Gasteiger partial charge in [-0.05, 0) is 71.2 Å². The molecule has 4 rings (SSSR count). The summed E-state index contributed by atoms with van der Waals surface area (Å²) in [6.45, 7) is 3.92. The predicted octanol–water partition coefficient (Wildman–Crippen LogP) is 5.02. The number of halogens is 2. The maximum Gasteiger partial charge on any atom is 0.338 e. The standard InChI is InChI=1S/C28H28BrClN2O6S/c1-6-8-19-23(27(34)38-7-2)24(17-14-16(30)9-10-20(17)35-3)32-26(33)22(39-28(32)31-19)13-15-11-18(29)25(37-5)21(12-15)36-4/h9-14,24H,6-8H2,1-5H3/b22-13+/t24-/m1/s1. The largest absolute Gasteiger partial charge is 0.496 e. The number of hydrogen-bond acceptors (Lipinski definition) is 8. The minimum Gasteiger partial charge on any atom is -0.496 e. The molecule has 0 radical (unpaired) electrons. The maximum absolute atomic E-state index is 14.0. The second kappa shape index (κ2) is 12.4. The molecule has 2 heterocycles. The zero-order valence-electron chi connectivity index (χ0n) is 22.2. The lowest BCUT2D eigenvalue weighted by molar-refractivity contribution is -0.139. The van der Waals surface area contributed by atoms with Crippen molar-refractivity contribution in [2.24, 2.45) is 4.99 Å². The first-order chi connectivity index (χ1) is 18.8. The van der Waals surface area contributed by atoms with E-state index >= 15 is 0 Å². The molecule has 0 aliphatic carbocycles. The Morgan fingerprint density at radius 2 is 1.87 bits per heavy atom. The number of thiazole rings is 1. The quantitative estimate of drug-likeness (QED) is 0.307. The molecule has 0 amide bonds. The Kier molecular flexibility index (Phi) is 9.19. The highest BCUT2D eigenvalue weighted by Gasteiger charge is 2.36. The van der Waals surface area contributed by atoms with E-state index in [0.29, 0.717) is 59.3 Å². The Hall–Kier alpha value is -3.08. The molecular formula is C28H28BrClN2O6S. The highest BCUT2D eigenvalue weighted by molar-refractivity contribution is 9.10. The van der Waals surface area contributed by atoms with Crippen LogP contribution in [0.1, 0.15) is 43.9 Å². The molecule has 0 saturated carbocycles. The highest BCUT2D eigenvalue weighted by atomic mass is 79.9. The summed E-state index contributed by atoms with van der Waals surface area (Å²) in [5.41, 5.74) is 1.85. The molecule has 2 aromatic carbocycles. The normalized spacial score (nSPS) is 15.1. The first-order valence-corrected chi connectivity index (χ1v) is 14.2. The van der Waals surface area contributed by atoms with Crippen LogP contribution >= 0.6 is 38.9 Å². The van der Waals surface area contributed by atoms with Crippen molar-refractivity contribution in [2.45, 2.75) is 32.7 Å². The monoisotopic (exact) mass is 634 g/mol. The zero-order chi connectivity index (χ0) is 28.3. The molecule has 1 aromatic heterocycles. The molecule has 0 N–H and O–H groups in total. The van der Waals surface area contributed by atoms with Gasteiger partial charge in [0.15, 0.2) is 16.3 Å². The van der Waals surface area contributed by atoms with Crippen LogP contribution in [-0.4, -0.2) is 38.5 Å². The van der Waals surface area contributed by atoms with Crippen LogP contribution in [0.3, 0.4) is 0 Å². The summed E-state index contributed by atoms with van der Waals surface area (Å²) in [7, 11) is 4.64. The molecule has 1 aliphatic heterocycles. The minimum atomic E-state index is -0.838.